The smallest absolute Gasteiger partial charge is 0.250 e. The number of hydrogen-bond acceptors (Lipinski definition) is 4. The molecule has 0 radical (unpaired) electrons. The van der Waals surface area contributed by atoms with E-state index >= 15 is 0 Å². The van der Waals surface area contributed by atoms with Crippen molar-refractivity contribution in [3.63, 3.8) is 0 Å². The number of carbonyl (C=O) groups is 1. The molecule has 0 spiro atoms. The third kappa shape index (κ3) is 5.78. The number of carbonyl (C=O) groups excluding carboxylic acids is 1. The fourth-order valence-electron chi connectivity index (χ4n) is 1.73. The summed E-state index contributed by atoms with van der Waals surface area (Å²) in [6.07, 6.45) is 1.30. The van der Waals surface area contributed by atoms with Crippen molar-refractivity contribution >= 4 is 47.1 Å². The zero-order chi connectivity index (χ0) is 16.7. The number of phenols is 1. The minimum atomic E-state index is -0.227. The minimum absolute atomic E-state index is 0.128. The summed E-state index contributed by atoms with van der Waals surface area (Å²) < 4.78 is 0. The fraction of sp³-hybridized carbons (Fsp3) is 0.125. The maximum atomic E-state index is 11.7. The van der Waals surface area contributed by atoms with Crippen LogP contribution in [0.2, 0.25) is 10.0 Å². The molecular formula is C16H14Cl2N2O2S. The molecule has 2 N–H and O–H groups in total. The van der Waals surface area contributed by atoms with E-state index in [1.165, 1.54) is 30.1 Å². The van der Waals surface area contributed by atoms with Gasteiger partial charge in [-0.15, -0.1) is 11.8 Å². The molecule has 0 aromatic heterocycles. The van der Waals surface area contributed by atoms with Gasteiger partial charge < -0.3 is 5.11 Å². The van der Waals surface area contributed by atoms with Crippen LogP contribution in [0.1, 0.15) is 11.1 Å². The van der Waals surface area contributed by atoms with Gasteiger partial charge in [-0.05, 0) is 17.7 Å². The van der Waals surface area contributed by atoms with Crippen LogP contribution < -0.4 is 5.43 Å². The predicted octanol–water partition coefficient (Wildman–Crippen LogP) is 4.08. The van der Waals surface area contributed by atoms with E-state index in [0.29, 0.717) is 10.6 Å². The largest absolute Gasteiger partial charge is 0.506 e. The molecule has 0 aliphatic heterocycles. The maximum absolute atomic E-state index is 11.7. The quantitative estimate of drug-likeness (QED) is 0.596. The number of nitrogens with one attached hydrogen (secondary N) is 1. The van der Waals surface area contributed by atoms with Gasteiger partial charge in [0.25, 0.3) is 0 Å². The highest BCUT2D eigenvalue weighted by Gasteiger charge is 2.06. The molecule has 0 saturated carbocycles. The van der Waals surface area contributed by atoms with E-state index < -0.39 is 0 Å². The maximum Gasteiger partial charge on any atom is 0.250 e. The Balaban J connectivity index is 1.80. The normalized spacial score (nSPS) is 10.9. The summed E-state index contributed by atoms with van der Waals surface area (Å²) >= 11 is 13.1. The third-order valence-corrected chi connectivity index (χ3v) is 4.31. The number of aromatic hydroxyl groups is 1. The second kappa shape index (κ2) is 8.82. The molecule has 0 saturated heterocycles. The third-order valence-electron chi connectivity index (χ3n) is 2.80. The van der Waals surface area contributed by atoms with Crippen molar-refractivity contribution in [3.05, 3.63) is 63.6 Å². The van der Waals surface area contributed by atoms with E-state index in [1.54, 1.807) is 0 Å². The molecule has 0 bridgehead atoms. The second-order valence-corrected chi connectivity index (χ2v) is 6.43. The molecule has 0 unspecified atom stereocenters. The van der Waals surface area contributed by atoms with Gasteiger partial charge in [0.1, 0.15) is 5.75 Å². The number of halogens is 2. The molecule has 0 atom stereocenters. The first-order valence-corrected chi connectivity index (χ1v) is 8.59. The van der Waals surface area contributed by atoms with Crippen molar-refractivity contribution in [2.45, 2.75) is 5.75 Å². The van der Waals surface area contributed by atoms with Crippen LogP contribution >= 0.6 is 35.0 Å². The zero-order valence-corrected chi connectivity index (χ0v) is 14.3. The van der Waals surface area contributed by atoms with E-state index in [1.807, 2.05) is 30.3 Å². The molecule has 0 heterocycles. The fourth-order valence-corrected chi connectivity index (χ4v) is 3.02. The first-order valence-electron chi connectivity index (χ1n) is 6.68. The Kier molecular flexibility index (Phi) is 6.77. The molecule has 0 aliphatic carbocycles. The average Bonchev–Trinajstić information content (AvgIpc) is 2.53. The van der Waals surface area contributed by atoms with Gasteiger partial charge in [-0.1, -0.05) is 53.5 Å². The van der Waals surface area contributed by atoms with Gasteiger partial charge in [0.2, 0.25) is 5.91 Å². The SMILES string of the molecule is O=C(CSCc1ccccc1)N/N=C/c1cc(Cl)cc(Cl)c1O. The number of rotatable bonds is 6. The van der Waals surface area contributed by atoms with Crippen LogP contribution in [0, 0.1) is 0 Å². The number of amides is 1. The van der Waals surface area contributed by atoms with Crippen molar-refractivity contribution in [3.8, 4) is 5.75 Å². The van der Waals surface area contributed by atoms with Crippen molar-refractivity contribution in [1.82, 2.24) is 5.43 Å². The summed E-state index contributed by atoms with van der Waals surface area (Å²) in [4.78, 5) is 11.7. The molecule has 2 rings (SSSR count). The zero-order valence-electron chi connectivity index (χ0n) is 12.0. The van der Waals surface area contributed by atoms with Gasteiger partial charge in [0.05, 0.1) is 17.0 Å². The number of nitrogens with zero attached hydrogens (tertiary/aromatic N) is 1. The van der Waals surface area contributed by atoms with Crippen LogP contribution in [0.25, 0.3) is 0 Å². The lowest BCUT2D eigenvalue weighted by Gasteiger charge is -2.03. The average molecular weight is 369 g/mol. The Morgan fingerprint density at radius 2 is 2.00 bits per heavy atom. The first-order chi connectivity index (χ1) is 11.1. The number of benzene rings is 2. The molecule has 23 heavy (non-hydrogen) atoms. The van der Waals surface area contributed by atoms with Gasteiger partial charge >= 0.3 is 0 Å². The van der Waals surface area contributed by atoms with Gasteiger partial charge in [0.15, 0.2) is 0 Å². The monoisotopic (exact) mass is 368 g/mol. The second-order valence-electron chi connectivity index (χ2n) is 4.60. The molecule has 1 amide bonds. The van der Waals surface area contributed by atoms with Crippen molar-refractivity contribution in [1.29, 1.82) is 0 Å². The standard InChI is InChI=1S/C16H14Cl2N2O2S/c17-13-6-12(16(22)14(18)7-13)8-19-20-15(21)10-23-9-11-4-2-1-3-5-11/h1-8,22H,9-10H2,(H,20,21)/b19-8+. The summed E-state index contributed by atoms with van der Waals surface area (Å²) in [6, 6.07) is 12.8. The Hall–Kier alpha value is -1.69. The van der Waals surface area contributed by atoms with E-state index in [0.717, 1.165) is 11.3 Å². The van der Waals surface area contributed by atoms with Crippen LogP contribution in [0.15, 0.2) is 47.6 Å². The highest BCUT2D eigenvalue weighted by molar-refractivity contribution is 7.99. The lowest BCUT2D eigenvalue weighted by Crippen LogP contribution is -2.19. The van der Waals surface area contributed by atoms with Crippen molar-refractivity contribution in [2.24, 2.45) is 5.10 Å². The Morgan fingerprint density at radius 1 is 1.26 bits per heavy atom. The van der Waals surface area contributed by atoms with Gasteiger partial charge in [-0.3, -0.25) is 4.79 Å². The topological polar surface area (TPSA) is 61.7 Å². The Labute approximate surface area is 148 Å². The van der Waals surface area contributed by atoms with Gasteiger partial charge in [-0.25, -0.2) is 5.43 Å². The molecule has 2 aromatic rings. The van der Waals surface area contributed by atoms with E-state index in [-0.39, 0.29) is 22.4 Å². The van der Waals surface area contributed by atoms with Crippen LogP contribution in [0.4, 0.5) is 0 Å². The molecular weight excluding hydrogens is 355 g/mol. The summed E-state index contributed by atoms with van der Waals surface area (Å²) in [7, 11) is 0. The molecule has 7 heteroatoms. The molecule has 0 aliphatic rings. The lowest BCUT2D eigenvalue weighted by molar-refractivity contribution is -0.118. The van der Waals surface area contributed by atoms with E-state index in [9.17, 15) is 9.90 Å². The number of phenolic OH excluding ortho intramolecular Hbond substituents is 1. The highest BCUT2D eigenvalue weighted by Crippen LogP contribution is 2.29. The first kappa shape index (κ1) is 17.7. The number of hydrogen-bond donors (Lipinski definition) is 2. The summed E-state index contributed by atoms with van der Waals surface area (Å²) in [5.41, 5.74) is 3.89. The van der Waals surface area contributed by atoms with Gasteiger partial charge in [-0.2, -0.15) is 5.10 Å². The molecule has 120 valence electrons. The minimum Gasteiger partial charge on any atom is -0.506 e. The number of hydrazone groups is 1. The van der Waals surface area contributed by atoms with Crippen LogP contribution in [0.3, 0.4) is 0 Å². The van der Waals surface area contributed by atoms with Crippen LogP contribution in [-0.4, -0.2) is 23.0 Å². The Bertz CT molecular complexity index is 709. The van der Waals surface area contributed by atoms with Crippen LogP contribution in [0.5, 0.6) is 5.75 Å². The highest BCUT2D eigenvalue weighted by atomic mass is 35.5. The predicted molar refractivity (Wildman–Crippen MR) is 96.5 cm³/mol. The van der Waals surface area contributed by atoms with E-state index in [4.69, 9.17) is 23.2 Å². The molecule has 4 nitrogen and oxygen atoms in total. The van der Waals surface area contributed by atoms with E-state index in [2.05, 4.69) is 10.5 Å². The summed E-state index contributed by atoms with van der Waals surface area (Å²) in [5, 5.41) is 14.1. The number of thioether (sulfide) groups is 1. The van der Waals surface area contributed by atoms with Crippen LogP contribution in [-0.2, 0) is 10.5 Å². The van der Waals surface area contributed by atoms with Gasteiger partial charge in [0, 0.05) is 16.3 Å². The van der Waals surface area contributed by atoms with Crippen molar-refractivity contribution < 1.29 is 9.90 Å². The molecule has 0 fully saturated rings. The van der Waals surface area contributed by atoms with Crippen molar-refractivity contribution in [2.75, 3.05) is 5.75 Å². The summed E-state index contributed by atoms with van der Waals surface area (Å²) in [5.74, 6) is 0.680. The Morgan fingerprint density at radius 3 is 2.74 bits per heavy atom. The summed E-state index contributed by atoms with van der Waals surface area (Å²) in [6.45, 7) is 0. The molecule has 2 aromatic carbocycles. The lowest BCUT2D eigenvalue weighted by atomic mass is 10.2.